The van der Waals surface area contributed by atoms with Crippen LogP contribution in [-0.4, -0.2) is 21.8 Å². The van der Waals surface area contributed by atoms with Crippen molar-refractivity contribution >= 4 is 10.9 Å². The zero-order valence-electron chi connectivity index (χ0n) is 11.1. The molecule has 0 radical (unpaired) electrons. The summed E-state index contributed by atoms with van der Waals surface area (Å²) in [5, 5.41) is 13.0. The topological polar surface area (TPSA) is 39.3 Å². The van der Waals surface area contributed by atoms with Crippen LogP contribution in [0.4, 0.5) is 0 Å². The summed E-state index contributed by atoms with van der Waals surface area (Å²) >= 11 is 0. The number of nitrogens with one attached hydrogen (secondary N) is 1. The van der Waals surface area contributed by atoms with Gasteiger partial charge in [-0.15, -0.1) is 0 Å². The number of benzene rings is 2. The molecule has 3 nitrogen and oxygen atoms in total. The number of H-pyrrole nitrogens is 1. The van der Waals surface area contributed by atoms with Crippen LogP contribution in [0.1, 0.15) is 22.9 Å². The Morgan fingerprint density at radius 2 is 1.75 bits per heavy atom. The van der Waals surface area contributed by atoms with Crippen LogP contribution in [-0.2, 0) is 6.42 Å². The highest BCUT2D eigenvalue weighted by Gasteiger charge is 2.30. The van der Waals surface area contributed by atoms with E-state index >= 15 is 0 Å². The van der Waals surface area contributed by atoms with E-state index in [-0.39, 0.29) is 6.04 Å². The fraction of sp³-hybridized carbons (Fsp3) is 0.176. The maximum atomic E-state index is 10.3. The van der Waals surface area contributed by atoms with Crippen LogP contribution in [0.15, 0.2) is 54.6 Å². The summed E-state index contributed by atoms with van der Waals surface area (Å²) in [6.07, 6.45) is 0.874. The standard InChI is InChI=1S/C17H16N2O/c20-19-11-10-14-13-8-4-5-9-15(13)18-16(14)17(19)12-6-2-1-3-7-12/h1-9,17-18,20H,10-11H2/t17-/m1/s1. The van der Waals surface area contributed by atoms with E-state index in [1.807, 2.05) is 24.3 Å². The lowest BCUT2D eigenvalue weighted by molar-refractivity contribution is -0.122. The number of aromatic nitrogens is 1. The number of rotatable bonds is 1. The van der Waals surface area contributed by atoms with Crippen LogP contribution in [0.5, 0.6) is 0 Å². The number of hydroxylamine groups is 2. The molecule has 0 saturated heterocycles. The van der Waals surface area contributed by atoms with E-state index in [0.717, 1.165) is 23.2 Å². The Hall–Kier alpha value is -2.10. The molecule has 3 aromatic rings. The molecule has 0 saturated carbocycles. The van der Waals surface area contributed by atoms with Gasteiger partial charge in [-0.25, -0.2) is 0 Å². The van der Waals surface area contributed by atoms with Crippen molar-refractivity contribution in [3.63, 3.8) is 0 Å². The second kappa shape index (κ2) is 4.47. The van der Waals surface area contributed by atoms with Gasteiger partial charge in [-0.1, -0.05) is 48.5 Å². The highest BCUT2D eigenvalue weighted by Crippen LogP contribution is 2.37. The van der Waals surface area contributed by atoms with E-state index in [1.165, 1.54) is 16.0 Å². The maximum Gasteiger partial charge on any atom is 0.100 e. The molecule has 0 fully saturated rings. The molecule has 2 aromatic carbocycles. The predicted octanol–water partition coefficient (Wildman–Crippen LogP) is 3.50. The minimum absolute atomic E-state index is 0.104. The maximum absolute atomic E-state index is 10.3. The van der Waals surface area contributed by atoms with Crippen LogP contribution >= 0.6 is 0 Å². The first-order valence-electron chi connectivity index (χ1n) is 6.94. The van der Waals surface area contributed by atoms with Gasteiger partial charge in [0, 0.05) is 23.1 Å². The van der Waals surface area contributed by atoms with Gasteiger partial charge in [0.1, 0.15) is 6.04 Å². The largest absolute Gasteiger partial charge is 0.356 e. The molecule has 0 aliphatic carbocycles. The van der Waals surface area contributed by atoms with Crippen molar-refractivity contribution < 1.29 is 5.21 Å². The van der Waals surface area contributed by atoms with Crippen molar-refractivity contribution in [1.29, 1.82) is 0 Å². The summed E-state index contributed by atoms with van der Waals surface area (Å²) in [4.78, 5) is 3.49. The van der Waals surface area contributed by atoms with Crippen LogP contribution < -0.4 is 0 Å². The van der Waals surface area contributed by atoms with Gasteiger partial charge >= 0.3 is 0 Å². The molecule has 20 heavy (non-hydrogen) atoms. The number of fused-ring (bicyclic) bond motifs is 3. The molecule has 4 rings (SSSR count). The minimum atomic E-state index is -0.104. The third-order valence-electron chi connectivity index (χ3n) is 4.12. The Balaban J connectivity index is 1.94. The molecule has 1 aromatic heterocycles. The monoisotopic (exact) mass is 264 g/mol. The predicted molar refractivity (Wildman–Crippen MR) is 78.8 cm³/mol. The Bertz CT molecular complexity index is 748. The average Bonchev–Trinajstić information content (AvgIpc) is 2.86. The molecule has 1 atom stereocenters. The van der Waals surface area contributed by atoms with Crippen molar-refractivity contribution in [2.45, 2.75) is 12.5 Å². The van der Waals surface area contributed by atoms with Crippen molar-refractivity contribution in [3.8, 4) is 0 Å². The summed E-state index contributed by atoms with van der Waals surface area (Å²) in [6, 6.07) is 18.4. The second-order valence-electron chi connectivity index (χ2n) is 5.29. The molecule has 0 unspecified atom stereocenters. The first-order valence-corrected chi connectivity index (χ1v) is 6.94. The molecular formula is C17H16N2O. The number of hydrogen-bond acceptors (Lipinski definition) is 2. The number of aromatic amines is 1. The van der Waals surface area contributed by atoms with E-state index < -0.39 is 0 Å². The van der Waals surface area contributed by atoms with E-state index in [2.05, 4.69) is 35.3 Å². The van der Waals surface area contributed by atoms with Gasteiger partial charge in [0.25, 0.3) is 0 Å². The minimum Gasteiger partial charge on any atom is -0.356 e. The van der Waals surface area contributed by atoms with Crippen LogP contribution in [0, 0.1) is 0 Å². The third kappa shape index (κ3) is 1.68. The smallest absolute Gasteiger partial charge is 0.100 e. The number of para-hydroxylation sites is 1. The molecule has 0 amide bonds. The van der Waals surface area contributed by atoms with Crippen molar-refractivity contribution in [3.05, 3.63) is 71.4 Å². The second-order valence-corrected chi connectivity index (χ2v) is 5.29. The molecule has 2 heterocycles. The normalized spacial score (nSPS) is 19.1. The molecule has 1 aliphatic heterocycles. The quantitative estimate of drug-likeness (QED) is 0.706. The lowest BCUT2D eigenvalue weighted by Crippen LogP contribution is -2.33. The lowest BCUT2D eigenvalue weighted by Gasteiger charge is -2.31. The molecule has 3 heteroatoms. The van der Waals surface area contributed by atoms with Gasteiger partial charge in [-0.3, -0.25) is 0 Å². The lowest BCUT2D eigenvalue weighted by atomic mass is 9.94. The zero-order valence-corrected chi connectivity index (χ0v) is 11.1. The fourth-order valence-electron chi connectivity index (χ4n) is 3.20. The molecule has 2 N–H and O–H groups in total. The van der Waals surface area contributed by atoms with Gasteiger partial charge in [0.2, 0.25) is 0 Å². The fourth-order valence-corrected chi connectivity index (χ4v) is 3.20. The average molecular weight is 264 g/mol. The highest BCUT2D eigenvalue weighted by molar-refractivity contribution is 5.85. The van der Waals surface area contributed by atoms with E-state index in [1.54, 1.807) is 0 Å². The van der Waals surface area contributed by atoms with E-state index in [0.29, 0.717) is 6.54 Å². The molecule has 1 aliphatic rings. The molecule has 0 bridgehead atoms. The Morgan fingerprint density at radius 1 is 1.00 bits per heavy atom. The van der Waals surface area contributed by atoms with Gasteiger partial charge in [0.05, 0.1) is 0 Å². The molecule has 100 valence electrons. The van der Waals surface area contributed by atoms with Crippen LogP contribution in [0.25, 0.3) is 10.9 Å². The summed E-state index contributed by atoms with van der Waals surface area (Å²) < 4.78 is 0. The van der Waals surface area contributed by atoms with Crippen molar-refractivity contribution in [2.75, 3.05) is 6.54 Å². The van der Waals surface area contributed by atoms with Gasteiger partial charge in [0.15, 0.2) is 0 Å². The number of hydrogen-bond donors (Lipinski definition) is 2. The van der Waals surface area contributed by atoms with E-state index in [9.17, 15) is 5.21 Å². The molecular weight excluding hydrogens is 248 g/mol. The summed E-state index contributed by atoms with van der Waals surface area (Å²) in [7, 11) is 0. The first-order chi connectivity index (χ1) is 9.84. The summed E-state index contributed by atoms with van der Waals surface area (Å²) in [6.45, 7) is 0.661. The third-order valence-corrected chi connectivity index (χ3v) is 4.12. The van der Waals surface area contributed by atoms with Crippen molar-refractivity contribution in [2.24, 2.45) is 0 Å². The van der Waals surface area contributed by atoms with Gasteiger partial charge < -0.3 is 10.2 Å². The Labute approximate surface area is 117 Å². The summed E-state index contributed by atoms with van der Waals surface area (Å²) in [5.74, 6) is 0. The Kier molecular flexibility index (Phi) is 2.62. The number of nitrogens with zero attached hydrogens (tertiary/aromatic N) is 1. The summed E-state index contributed by atoms with van der Waals surface area (Å²) in [5.41, 5.74) is 4.71. The van der Waals surface area contributed by atoms with Crippen LogP contribution in [0.3, 0.4) is 0 Å². The molecule has 0 spiro atoms. The highest BCUT2D eigenvalue weighted by atomic mass is 16.5. The Morgan fingerprint density at radius 3 is 2.60 bits per heavy atom. The van der Waals surface area contributed by atoms with Gasteiger partial charge in [-0.2, -0.15) is 5.06 Å². The van der Waals surface area contributed by atoms with Gasteiger partial charge in [-0.05, 0) is 23.6 Å². The van der Waals surface area contributed by atoms with Crippen LogP contribution in [0.2, 0.25) is 0 Å². The van der Waals surface area contributed by atoms with E-state index in [4.69, 9.17) is 0 Å². The SMILES string of the molecule is ON1CCc2c([nH]c3ccccc23)[C@H]1c1ccccc1. The zero-order chi connectivity index (χ0) is 13.5. The van der Waals surface area contributed by atoms with Crippen molar-refractivity contribution in [1.82, 2.24) is 10.0 Å². The first kappa shape index (κ1) is 11.7.